The van der Waals surface area contributed by atoms with Gasteiger partial charge in [-0.2, -0.15) is 0 Å². The summed E-state index contributed by atoms with van der Waals surface area (Å²) in [6.07, 6.45) is 5.14. The molecule has 0 unspecified atom stereocenters. The lowest BCUT2D eigenvalue weighted by atomic mass is 9.97. The van der Waals surface area contributed by atoms with Gasteiger partial charge in [0.2, 0.25) is 5.95 Å². The van der Waals surface area contributed by atoms with Crippen molar-refractivity contribution in [2.45, 2.75) is 45.6 Å². The second-order valence-corrected chi connectivity index (χ2v) is 7.86. The van der Waals surface area contributed by atoms with Gasteiger partial charge in [0, 0.05) is 51.0 Å². The molecule has 2 aliphatic heterocycles. The summed E-state index contributed by atoms with van der Waals surface area (Å²) in [7, 11) is 2.10. The Bertz CT molecular complexity index is 800. The molecule has 0 spiro atoms. The van der Waals surface area contributed by atoms with Gasteiger partial charge in [0.1, 0.15) is 11.6 Å². The van der Waals surface area contributed by atoms with Gasteiger partial charge < -0.3 is 14.2 Å². The zero-order valence-electron chi connectivity index (χ0n) is 17.3. The fraction of sp³-hybridized carbons (Fsp3) is 0.700. The highest BCUT2D eigenvalue weighted by atomic mass is 16.5. The van der Waals surface area contributed by atoms with Crippen LogP contribution < -0.4 is 4.90 Å². The lowest BCUT2D eigenvalue weighted by Gasteiger charge is -2.32. The summed E-state index contributed by atoms with van der Waals surface area (Å²) < 4.78 is 7.64. The first-order valence-electron chi connectivity index (χ1n) is 10.4. The van der Waals surface area contributed by atoms with Crippen molar-refractivity contribution in [3.05, 3.63) is 29.1 Å². The first-order chi connectivity index (χ1) is 13.7. The van der Waals surface area contributed by atoms with Crippen molar-refractivity contribution in [3.63, 3.8) is 0 Å². The van der Waals surface area contributed by atoms with Crippen molar-refractivity contribution >= 4 is 5.95 Å². The highest BCUT2D eigenvalue weighted by Gasteiger charge is 2.28. The maximum absolute atomic E-state index is 5.44. The Morgan fingerprint density at radius 2 is 2.00 bits per heavy atom. The maximum atomic E-state index is 5.44. The summed E-state index contributed by atoms with van der Waals surface area (Å²) in [6, 6.07) is 0. The molecule has 8 heteroatoms. The molecular weight excluding hydrogens is 354 g/mol. The molecule has 2 aromatic rings. The van der Waals surface area contributed by atoms with E-state index in [0.717, 1.165) is 88.5 Å². The molecule has 0 radical (unpaired) electrons. The normalized spacial score (nSPS) is 21.2. The first kappa shape index (κ1) is 19.3. The molecule has 1 atom stereocenters. The predicted octanol–water partition coefficient (Wildman–Crippen LogP) is 1.69. The van der Waals surface area contributed by atoms with E-state index in [1.807, 2.05) is 6.20 Å². The molecule has 8 nitrogen and oxygen atoms in total. The third-order valence-electron chi connectivity index (χ3n) is 5.94. The van der Waals surface area contributed by atoms with Crippen LogP contribution in [0.15, 0.2) is 6.20 Å². The largest absolute Gasteiger partial charge is 0.379 e. The standard InChI is InChI=1S/C20H31N7O/c1-4-17-15(2)12-21-20(22-17)27-7-5-6-16(13-27)19-24-23-18(25(19)3)14-26-8-10-28-11-9-26/h12,16H,4-11,13-14H2,1-3H3/t16-/m0/s1. The van der Waals surface area contributed by atoms with Crippen LogP contribution in [0.4, 0.5) is 5.95 Å². The van der Waals surface area contributed by atoms with Crippen molar-refractivity contribution in [1.82, 2.24) is 29.6 Å². The molecule has 0 amide bonds. The Morgan fingerprint density at radius 3 is 2.79 bits per heavy atom. The highest BCUT2D eigenvalue weighted by Crippen LogP contribution is 2.28. The van der Waals surface area contributed by atoms with E-state index in [1.165, 1.54) is 5.56 Å². The fourth-order valence-electron chi connectivity index (χ4n) is 4.17. The van der Waals surface area contributed by atoms with Crippen LogP contribution in [0.25, 0.3) is 0 Å². The van der Waals surface area contributed by atoms with Crippen LogP contribution in [0.1, 0.15) is 48.6 Å². The van der Waals surface area contributed by atoms with Crippen LogP contribution in [0.5, 0.6) is 0 Å². The zero-order chi connectivity index (χ0) is 19.5. The lowest BCUT2D eigenvalue weighted by molar-refractivity contribution is 0.0326. The number of aromatic nitrogens is 5. The Labute approximate surface area is 166 Å². The van der Waals surface area contributed by atoms with E-state index in [-0.39, 0.29) is 0 Å². The van der Waals surface area contributed by atoms with E-state index in [1.54, 1.807) is 0 Å². The second-order valence-electron chi connectivity index (χ2n) is 7.86. The molecule has 28 heavy (non-hydrogen) atoms. The molecule has 4 rings (SSSR count). The maximum Gasteiger partial charge on any atom is 0.225 e. The summed E-state index contributed by atoms with van der Waals surface area (Å²) >= 11 is 0. The lowest BCUT2D eigenvalue weighted by Crippen LogP contribution is -2.37. The Morgan fingerprint density at radius 1 is 1.18 bits per heavy atom. The summed E-state index contributed by atoms with van der Waals surface area (Å²) in [4.78, 5) is 14.1. The minimum absolute atomic E-state index is 0.361. The van der Waals surface area contributed by atoms with Gasteiger partial charge in [-0.3, -0.25) is 4.90 Å². The minimum atomic E-state index is 0.361. The monoisotopic (exact) mass is 385 g/mol. The number of aryl methyl sites for hydroxylation is 2. The minimum Gasteiger partial charge on any atom is -0.379 e. The van der Waals surface area contributed by atoms with Gasteiger partial charge in [0.05, 0.1) is 19.8 Å². The molecule has 0 bridgehead atoms. The SMILES string of the molecule is CCc1nc(N2CCC[C@H](c3nnc(CN4CCOCC4)n3C)C2)ncc1C. The molecule has 0 aromatic carbocycles. The van der Waals surface area contributed by atoms with Crippen molar-refractivity contribution in [2.24, 2.45) is 7.05 Å². The van der Waals surface area contributed by atoms with Gasteiger partial charge in [-0.05, 0) is 31.7 Å². The third kappa shape index (κ3) is 4.03. The van der Waals surface area contributed by atoms with E-state index in [4.69, 9.17) is 9.72 Å². The van der Waals surface area contributed by atoms with Crippen molar-refractivity contribution < 1.29 is 4.74 Å². The molecule has 0 saturated carbocycles. The number of rotatable bonds is 5. The molecular formula is C20H31N7O. The molecule has 2 aliphatic rings. The molecule has 4 heterocycles. The summed E-state index contributed by atoms with van der Waals surface area (Å²) in [5.41, 5.74) is 2.31. The summed E-state index contributed by atoms with van der Waals surface area (Å²) in [6.45, 7) is 10.5. The van der Waals surface area contributed by atoms with Crippen LogP contribution in [0.2, 0.25) is 0 Å². The average Bonchev–Trinajstić information content (AvgIpc) is 3.09. The van der Waals surface area contributed by atoms with Crippen molar-refractivity contribution in [3.8, 4) is 0 Å². The van der Waals surface area contributed by atoms with Crippen molar-refractivity contribution in [1.29, 1.82) is 0 Å². The second kappa shape index (κ2) is 8.53. The molecule has 0 aliphatic carbocycles. The van der Waals surface area contributed by atoms with E-state index in [0.29, 0.717) is 5.92 Å². The zero-order valence-corrected chi connectivity index (χ0v) is 17.3. The Balaban J connectivity index is 1.47. The van der Waals surface area contributed by atoms with Gasteiger partial charge in [-0.15, -0.1) is 10.2 Å². The average molecular weight is 386 g/mol. The van der Waals surface area contributed by atoms with Crippen LogP contribution in [0.3, 0.4) is 0 Å². The number of anilines is 1. The van der Waals surface area contributed by atoms with Crippen LogP contribution in [-0.4, -0.2) is 69.0 Å². The summed E-state index contributed by atoms with van der Waals surface area (Å²) in [5.74, 6) is 3.33. The predicted molar refractivity (Wildman–Crippen MR) is 107 cm³/mol. The smallest absolute Gasteiger partial charge is 0.225 e. The Hall–Kier alpha value is -2.06. The van der Waals surface area contributed by atoms with Gasteiger partial charge >= 0.3 is 0 Å². The number of morpholine rings is 1. The molecule has 2 saturated heterocycles. The topological polar surface area (TPSA) is 72.2 Å². The van der Waals surface area contributed by atoms with Crippen LogP contribution >= 0.6 is 0 Å². The van der Waals surface area contributed by atoms with Crippen LogP contribution in [-0.2, 0) is 24.8 Å². The summed E-state index contributed by atoms with van der Waals surface area (Å²) in [5, 5.41) is 9.07. The van der Waals surface area contributed by atoms with E-state index in [9.17, 15) is 0 Å². The number of nitrogens with zero attached hydrogens (tertiary/aromatic N) is 7. The number of hydrogen-bond acceptors (Lipinski definition) is 7. The quantitative estimate of drug-likeness (QED) is 0.775. The highest BCUT2D eigenvalue weighted by molar-refractivity contribution is 5.34. The molecule has 0 N–H and O–H groups in total. The molecule has 152 valence electrons. The van der Waals surface area contributed by atoms with Gasteiger partial charge in [0.15, 0.2) is 0 Å². The molecule has 2 fully saturated rings. The third-order valence-corrected chi connectivity index (χ3v) is 5.94. The van der Waals surface area contributed by atoms with E-state index < -0.39 is 0 Å². The number of hydrogen-bond donors (Lipinski definition) is 0. The number of piperidine rings is 1. The van der Waals surface area contributed by atoms with Gasteiger partial charge in [-0.1, -0.05) is 6.92 Å². The Kier molecular flexibility index (Phi) is 5.87. The number of ether oxygens (including phenoxy) is 1. The van der Waals surface area contributed by atoms with Gasteiger partial charge in [0.25, 0.3) is 0 Å². The van der Waals surface area contributed by atoms with Crippen molar-refractivity contribution in [2.75, 3.05) is 44.3 Å². The van der Waals surface area contributed by atoms with Crippen LogP contribution in [0, 0.1) is 6.92 Å². The van der Waals surface area contributed by atoms with E-state index in [2.05, 4.69) is 50.4 Å². The first-order valence-corrected chi connectivity index (χ1v) is 10.4. The van der Waals surface area contributed by atoms with E-state index >= 15 is 0 Å². The van der Waals surface area contributed by atoms with Gasteiger partial charge in [-0.25, -0.2) is 9.97 Å². The fourth-order valence-corrected chi connectivity index (χ4v) is 4.17. The molecule has 2 aromatic heterocycles.